The number of nitrogens with two attached hydrogens (primary N) is 1. The van der Waals surface area contributed by atoms with E-state index in [0.29, 0.717) is 12.2 Å². The van der Waals surface area contributed by atoms with Gasteiger partial charge in [0, 0.05) is 43.3 Å². The maximum Gasteiger partial charge on any atom is 0.273 e. The maximum absolute atomic E-state index is 11.8. The summed E-state index contributed by atoms with van der Waals surface area (Å²) in [5.74, 6) is -0.215. The summed E-state index contributed by atoms with van der Waals surface area (Å²) >= 11 is 0. The zero-order valence-electron chi connectivity index (χ0n) is 16.5. The number of carbonyl (C=O) groups excluding carboxylic acids is 2. The molecule has 3 aromatic rings. The topological polar surface area (TPSA) is 139 Å². The molecular formula is C20H22N8O2. The summed E-state index contributed by atoms with van der Waals surface area (Å²) in [6.45, 7) is 2.87. The Kier molecular flexibility index (Phi) is 5.38. The monoisotopic (exact) mass is 406 g/mol. The third-order valence-electron chi connectivity index (χ3n) is 4.99. The summed E-state index contributed by atoms with van der Waals surface area (Å²) in [5.41, 5.74) is 6.96. The third kappa shape index (κ3) is 4.27. The Morgan fingerprint density at radius 2 is 2.10 bits per heavy atom. The number of primary amides is 1. The molecule has 0 radical (unpaired) electrons. The van der Waals surface area contributed by atoms with Crippen molar-refractivity contribution in [3.05, 3.63) is 42.2 Å². The Morgan fingerprint density at radius 3 is 2.90 bits per heavy atom. The van der Waals surface area contributed by atoms with Crippen LogP contribution >= 0.6 is 0 Å². The lowest BCUT2D eigenvalue weighted by Gasteiger charge is -2.32. The van der Waals surface area contributed by atoms with Crippen molar-refractivity contribution < 1.29 is 9.59 Å². The molecule has 30 heavy (non-hydrogen) atoms. The number of amides is 2. The van der Waals surface area contributed by atoms with E-state index in [-0.39, 0.29) is 29.4 Å². The first-order valence-corrected chi connectivity index (χ1v) is 9.68. The van der Waals surface area contributed by atoms with Crippen LogP contribution in [-0.4, -0.2) is 56.0 Å². The molecule has 0 saturated carbocycles. The number of nitrogens with zero attached hydrogens (tertiary/aromatic N) is 5. The molecule has 10 nitrogen and oxygen atoms in total. The highest BCUT2D eigenvalue weighted by Crippen LogP contribution is 2.23. The summed E-state index contributed by atoms with van der Waals surface area (Å²) < 4.78 is 0. The molecule has 0 spiro atoms. The van der Waals surface area contributed by atoms with Crippen LogP contribution in [0, 0.1) is 0 Å². The van der Waals surface area contributed by atoms with Crippen LogP contribution in [0.3, 0.4) is 0 Å². The molecule has 0 aliphatic carbocycles. The molecule has 1 aliphatic rings. The molecule has 0 bridgehead atoms. The lowest BCUT2D eigenvalue weighted by molar-refractivity contribution is -0.129. The maximum atomic E-state index is 11.8. The summed E-state index contributed by atoms with van der Waals surface area (Å²) in [7, 11) is 0. The fraction of sp³-hybridized carbons (Fsp3) is 0.300. The minimum atomic E-state index is -0.730. The van der Waals surface area contributed by atoms with Crippen LogP contribution in [0.25, 0.3) is 10.9 Å². The number of benzene rings is 1. The predicted molar refractivity (Wildman–Crippen MR) is 112 cm³/mol. The molecule has 0 unspecified atom stereocenters. The van der Waals surface area contributed by atoms with Crippen LogP contribution < -0.4 is 16.4 Å². The van der Waals surface area contributed by atoms with Crippen molar-refractivity contribution in [3.8, 4) is 0 Å². The standard InChI is InChI=1S/C20H22N8O2/c1-12(29)28-9-3-5-15(11-28)24-20-25-19(17(18(21)30)26-27-20)23-14-6-7-16-13(10-14)4-2-8-22-16/h2,4,6-8,10,15H,3,5,9,11H2,1H3,(H2,21,30)(H2,23,24,25,27)/t15-/m1/s1. The van der Waals surface area contributed by atoms with Gasteiger partial charge in [-0.3, -0.25) is 14.6 Å². The van der Waals surface area contributed by atoms with Crippen molar-refractivity contribution in [2.24, 2.45) is 5.73 Å². The van der Waals surface area contributed by atoms with Crippen molar-refractivity contribution in [2.45, 2.75) is 25.8 Å². The van der Waals surface area contributed by atoms with E-state index in [1.165, 1.54) is 0 Å². The number of fused-ring (bicyclic) bond motifs is 1. The van der Waals surface area contributed by atoms with Gasteiger partial charge in [-0.25, -0.2) is 0 Å². The molecule has 4 N–H and O–H groups in total. The number of piperidine rings is 1. The van der Waals surface area contributed by atoms with Gasteiger partial charge in [-0.1, -0.05) is 6.07 Å². The molecule has 154 valence electrons. The molecule has 4 rings (SSSR count). The lowest BCUT2D eigenvalue weighted by Crippen LogP contribution is -2.44. The molecule has 1 aliphatic heterocycles. The molecule has 3 heterocycles. The Hall–Kier alpha value is -3.82. The smallest absolute Gasteiger partial charge is 0.273 e. The molecular weight excluding hydrogens is 384 g/mol. The second kappa shape index (κ2) is 8.27. The van der Waals surface area contributed by atoms with Crippen molar-refractivity contribution in [3.63, 3.8) is 0 Å². The van der Waals surface area contributed by atoms with Crippen LogP contribution in [0.5, 0.6) is 0 Å². The Labute approximate surface area is 172 Å². The summed E-state index contributed by atoms with van der Waals surface area (Å²) in [5, 5.41) is 15.2. The van der Waals surface area contributed by atoms with Gasteiger partial charge in [0.15, 0.2) is 11.5 Å². The van der Waals surface area contributed by atoms with Gasteiger partial charge in [0.1, 0.15) is 0 Å². The second-order valence-electron chi connectivity index (χ2n) is 7.18. The quantitative estimate of drug-likeness (QED) is 0.582. The number of anilines is 3. The molecule has 1 aromatic carbocycles. The minimum Gasteiger partial charge on any atom is -0.364 e. The molecule has 2 amide bonds. The Balaban J connectivity index is 1.58. The van der Waals surface area contributed by atoms with Gasteiger partial charge in [0.05, 0.1) is 5.52 Å². The van der Waals surface area contributed by atoms with E-state index in [4.69, 9.17) is 5.73 Å². The van der Waals surface area contributed by atoms with Gasteiger partial charge in [-0.15, -0.1) is 10.2 Å². The zero-order valence-corrected chi connectivity index (χ0v) is 16.5. The van der Waals surface area contributed by atoms with E-state index in [0.717, 1.165) is 30.3 Å². The summed E-state index contributed by atoms with van der Waals surface area (Å²) in [6.07, 6.45) is 3.50. The van der Waals surface area contributed by atoms with Gasteiger partial charge in [0.2, 0.25) is 11.9 Å². The van der Waals surface area contributed by atoms with Crippen LogP contribution in [0.15, 0.2) is 36.5 Å². The van der Waals surface area contributed by atoms with Gasteiger partial charge >= 0.3 is 0 Å². The predicted octanol–water partition coefficient (Wildman–Crippen LogP) is 1.69. The average molecular weight is 406 g/mol. The van der Waals surface area contributed by atoms with E-state index < -0.39 is 5.91 Å². The highest BCUT2D eigenvalue weighted by Gasteiger charge is 2.23. The molecule has 2 aromatic heterocycles. The zero-order chi connectivity index (χ0) is 21.1. The first-order valence-electron chi connectivity index (χ1n) is 9.68. The SMILES string of the molecule is CC(=O)N1CCC[C@@H](Nc2nnc(C(N)=O)c(Nc3ccc4ncccc4c3)n2)C1. The summed E-state index contributed by atoms with van der Waals surface area (Å²) in [6, 6.07) is 9.40. The van der Waals surface area contributed by atoms with E-state index >= 15 is 0 Å². The highest BCUT2D eigenvalue weighted by molar-refractivity contribution is 5.96. The third-order valence-corrected chi connectivity index (χ3v) is 4.99. The van der Waals surface area contributed by atoms with Crippen LogP contribution in [0.1, 0.15) is 30.3 Å². The fourth-order valence-corrected chi connectivity index (χ4v) is 3.49. The largest absolute Gasteiger partial charge is 0.364 e. The molecule has 1 atom stereocenters. The van der Waals surface area contributed by atoms with E-state index in [1.54, 1.807) is 18.0 Å². The van der Waals surface area contributed by atoms with Crippen LogP contribution in [-0.2, 0) is 4.79 Å². The number of hydrogen-bond acceptors (Lipinski definition) is 8. The number of hydrogen-bond donors (Lipinski definition) is 3. The van der Waals surface area contributed by atoms with Crippen molar-refractivity contribution in [1.29, 1.82) is 0 Å². The van der Waals surface area contributed by atoms with E-state index in [1.807, 2.05) is 30.3 Å². The lowest BCUT2D eigenvalue weighted by atomic mass is 10.1. The minimum absolute atomic E-state index is 0.00321. The first-order chi connectivity index (χ1) is 14.5. The molecule has 1 fully saturated rings. The average Bonchev–Trinajstić information content (AvgIpc) is 2.74. The first kappa shape index (κ1) is 19.5. The normalized spacial score (nSPS) is 16.3. The van der Waals surface area contributed by atoms with Gasteiger partial charge < -0.3 is 21.3 Å². The van der Waals surface area contributed by atoms with Gasteiger partial charge in [0.25, 0.3) is 5.91 Å². The molecule has 10 heteroatoms. The van der Waals surface area contributed by atoms with Gasteiger partial charge in [-0.05, 0) is 37.1 Å². The summed E-state index contributed by atoms with van der Waals surface area (Å²) in [4.78, 5) is 34.0. The molecule has 1 saturated heterocycles. The van der Waals surface area contributed by atoms with Crippen molar-refractivity contribution in [2.75, 3.05) is 23.7 Å². The van der Waals surface area contributed by atoms with Crippen LogP contribution in [0.4, 0.5) is 17.5 Å². The number of pyridine rings is 1. The Bertz CT molecular complexity index is 1100. The number of carbonyl (C=O) groups is 2. The number of aromatic nitrogens is 4. The number of likely N-dealkylation sites (tertiary alicyclic amines) is 1. The number of rotatable bonds is 5. The van der Waals surface area contributed by atoms with E-state index in [2.05, 4.69) is 30.8 Å². The number of nitrogens with one attached hydrogen (secondary N) is 2. The second-order valence-corrected chi connectivity index (χ2v) is 7.18. The van der Waals surface area contributed by atoms with Crippen molar-refractivity contribution >= 4 is 40.2 Å². The van der Waals surface area contributed by atoms with Crippen molar-refractivity contribution in [1.82, 2.24) is 25.1 Å². The Morgan fingerprint density at radius 1 is 1.23 bits per heavy atom. The highest BCUT2D eigenvalue weighted by atomic mass is 16.2. The van der Waals surface area contributed by atoms with Gasteiger partial charge in [-0.2, -0.15) is 4.98 Å². The fourth-order valence-electron chi connectivity index (χ4n) is 3.49. The van der Waals surface area contributed by atoms with Crippen LogP contribution in [0.2, 0.25) is 0 Å². The van der Waals surface area contributed by atoms with E-state index in [9.17, 15) is 9.59 Å².